The molecular formula is C25H31F3N2O3. The number of carbonyl (C=O) groups is 3. The highest BCUT2D eigenvalue weighted by molar-refractivity contribution is 6.13. The van der Waals surface area contributed by atoms with Crippen LogP contribution in [0.2, 0.25) is 0 Å². The van der Waals surface area contributed by atoms with Crippen LogP contribution in [0.4, 0.5) is 13.2 Å². The number of allylic oxidation sites excluding steroid dienone is 1. The zero-order valence-electron chi connectivity index (χ0n) is 19.7. The van der Waals surface area contributed by atoms with E-state index in [9.17, 15) is 27.6 Å². The maximum Gasteiger partial charge on any atom is 0.425 e. The van der Waals surface area contributed by atoms with Gasteiger partial charge in [-0.15, -0.1) is 0 Å². The maximum absolute atomic E-state index is 14.6. The molecule has 0 saturated heterocycles. The lowest BCUT2D eigenvalue weighted by atomic mass is 9.85. The van der Waals surface area contributed by atoms with E-state index in [0.717, 1.165) is 36.6 Å². The van der Waals surface area contributed by atoms with Crippen LogP contribution in [0.5, 0.6) is 0 Å². The summed E-state index contributed by atoms with van der Waals surface area (Å²) in [5, 5.41) is 1.95. The molecule has 2 aliphatic rings. The first-order valence-electron chi connectivity index (χ1n) is 11.3. The summed E-state index contributed by atoms with van der Waals surface area (Å²) >= 11 is 0. The molecule has 1 aliphatic heterocycles. The molecule has 33 heavy (non-hydrogen) atoms. The fourth-order valence-corrected chi connectivity index (χ4v) is 4.94. The van der Waals surface area contributed by atoms with Crippen molar-refractivity contribution in [2.24, 2.45) is 0 Å². The molecule has 1 fully saturated rings. The number of rotatable bonds is 4. The Labute approximate surface area is 192 Å². The van der Waals surface area contributed by atoms with Gasteiger partial charge in [0.05, 0.1) is 5.57 Å². The van der Waals surface area contributed by atoms with Crippen molar-refractivity contribution < 1.29 is 27.6 Å². The van der Waals surface area contributed by atoms with Crippen LogP contribution in [-0.2, 0) is 15.0 Å². The van der Waals surface area contributed by atoms with E-state index in [1.807, 2.05) is 26.1 Å². The van der Waals surface area contributed by atoms with Gasteiger partial charge in [0, 0.05) is 17.3 Å². The molecule has 0 spiro atoms. The lowest BCUT2D eigenvalue weighted by molar-refractivity contribution is -0.191. The monoisotopic (exact) mass is 464 g/mol. The highest BCUT2D eigenvalue weighted by Crippen LogP contribution is 2.47. The quantitative estimate of drug-likeness (QED) is 0.678. The molecule has 2 amide bonds. The predicted molar refractivity (Wildman–Crippen MR) is 118 cm³/mol. The van der Waals surface area contributed by atoms with Crippen LogP contribution in [-0.4, -0.2) is 40.3 Å². The zero-order chi connectivity index (χ0) is 24.8. The molecule has 8 heteroatoms. The third-order valence-electron chi connectivity index (χ3n) is 6.67. The summed E-state index contributed by atoms with van der Waals surface area (Å²) in [7, 11) is 0. The molecule has 1 aliphatic carbocycles. The van der Waals surface area contributed by atoms with Crippen molar-refractivity contribution in [1.82, 2.24) is 10.2 Å². The van der Waals surface area contributed by atoms with Gasteiger partial charge in [0.2, 0.25) is 5.54 Å². The molecule has 1 heterocycles. The molecule has 1 N–H and O–H groups in total. The van der Waals surface area contributed by atoms with Gasteiger partial charge in [-0.05, 0) is 49.8 Å². The number of halogens is 3. The molecule has 1 unspecified atom stereocenters. The molecule has 0 aromatic heterocycles. The third-order valence-corrected chi connectivity index (χ3v) is 6.67. The van der Waals surface area contributed by atoms with Crippen molar-refractivity contribution in [3.05, 3.63) is 46.7 Å². The van der Waals surface area contributed by atoms with Crippen molar-refractivity contribution in [1.29, 1.82) is 0 Å². The number of ketones is 1. The third kappa shape index (κ3) is 4.32. The van der Waals surface area contributed by atoms with Gasteiger partial charge in [0.1, 0.15) is 0 Å². The van der Waals surface area contributed by atoms with Crippen LogP contribution in [0.1, 0.15) is 82.6 Å². The number of nitrogens with zero attached hydrogens (tertiary/aromatic N) is 1. The van der Waals surface area contributed by atoms with Gasteiger partial charge in [-0.3, -0.25) is 14.4 Å². The van der Waals surface area contributed by atoms with E-state index in [2.05, 4.69) is 0 Å². The molecule has 1 aromatic rings. The van der Waals surface area contributed by atoms with Crippen LogP contribution < -0.4 is 5.32 Å². The number of benzene rings is 1. The van der Waals surface area contributed by atoms with Gasteiger partial charge in [0.15, 0.2) is 5.78 Å². The minimum atomic E-state index is -5.20. The minimum absolute atomic E-state index is 0.0175. The Morgan fingerprint density at radius 3 is 2.03 bits per heavy atom. The second-order valence-corrected chi connectivity index (χ2v) is 10.0. The first-order chi connectivity index (χ1) is 15.2. The largest absolute Gasteiger partial charge is 0.425 e. The molecule has 5 nitrogen and oxygen atoms in total. The van der Waals surface area contributed by atoms with Gasteiger partial charge in [-0.2, -0.15) is 13.2 Å². The van der Waals surface area contributed by atoms with Gasteiger partial charge in [-0.1, -0.05) is 52.2 Å². The summed E-state index contributed by atoms with van der Waals surface area (Å²) < 4.78 is 43.9. The van der Waals surface area contributed by atoms with E-state index in [1.54, 1.807) is 12.1 Å². The lowest BCUT2D eigenvalue weighted by Gasteiger charge is -2.36. The van der Waals surface area contributed by atoms with Crippen LogP contribution >= 0.6 is 0 Å². The summed E-state index contributed by atoms with van der Waals surface area (Å²) in [6, 6.07) is 5.79. The summed E-state index contributed by atoms with van der Waals surface area (Å²) in [4.78, 5) is 40.0. The Morgan fingerprint density at radius 2 is 1.58 bits per heavy atom. The summed E-state index contributed by atoms with van der Waals surface area (Å²) in [6.07, 6.45) is -1.54. The Kier molecular flexibility index (Phi) is 6.52. The average molecular weight is 465 g/mol. The predicted octanol–water partition coefficient (Wildman–Crippen LogP) is 5.05. The Bertz CT molecular complexity index is 984. The van der Waals surface area contributed by atoms with E-state index in [-0.39, 0.29) is 16.7 Å². The maximum atomic E-state index is 14.6. The standard InChI is InChI=1S/C25H31F3N2O3/c1-15-20(16(2)31)24(25(26,27)28,22(33)30(15)19-9-7-6-8-10-19)29-21(32)17-11-13-18(14-12-17)23(3,4)5/h11-14,19H,6-10H2,1-5H3,(H,29,32). The Hall–Kier alpha value is -2.64. The van der Waals surface area contributed by atoms with E-state index < -0.39 is 40.9 Å². The topological polar surface area (TPSA) is 66.5 Å². The van der Waals surface area contributed by atoms with Gasteiger partial charge in [0.25, 0.3) is 11.8 Å². The molecular weight excluding hydrogens is 433 g/mol. The molecule has 1 saturated carbocycles. The number of hydrogen-bond donors (Lipinski definition) is 1. The Morgan fingerprint density at radius 1 is 1.03 bits per heavy atom. The zero-order valence-corrected chi connectivity index (χ0v) is 19.7. The summed E-state index contributed by atoms with van der Waals surface area (Å²) in [6.45, 7) is 8.29. The average Bonchev–Trinajstić information content (AvgIpc) is 2.95. The number of amides is 2. The second kappa shape index (κ2) is 8.61. The molecule has 0 radical (unpaired) electrons. The summed E-state index contributed by atoms with van der Waals surface area (Å²) in [5.41, 5.74) is -3.45. The van der Waals surface area contributed by atoms with E-state index in [1.165, 1.54) is 19.1 Å². The van der Waals surface area contributed by atoms with Crippen LogP contribution in [0.3, 0.4) is 0 Å². The first-order valence-corrected chi connectivity index (χ1v) is 11.3. The van der Waals surface area contributed by atoms with Crippen LogP contribution in [0.25, 0.3) is 0 Å². The second-order valence-electron chi connectivity index (χ2n) is 10.0. The highest BCUT2D eigenvalue weighted by atomic mass is 19.4. The van der Waals surface area contributed by atoms with Crippen molar-refractivity contribution in [2.75, 3.05) is 0 Å². The number of carbonyl (C=O) groups excluding carboxylic acids is 3. The fourth-order valence-electron chi connectivity index (χ4n) is 4.94. The molecule has 1 aromatic carbocycles. The molecule has 0 bridgehead atoms. The minimum Gasteiger partial charge on any atom is -0.326 e. The van der Waals surface area contributed by atoms with Crippen LogP contribution in [0.15, 0.2) is 35.5 Å². The number of hydrogen-bond acceptors (Lipinski definition) is 3. The van der Waals surface area contributed by atoms with Crippen molar-refractivity contribution in [2.45, 2.75) is 89.9 Å². The normalized spacial score (nSPS) is 22.7. The lowest BCUT2D eigenvalue weighted by Crippen LogP contribution is -2.66. The fraction of sp³-hybridized carbons (Fsp3) is 0.560. The number of Topliss-reactive ketones (excluding diaryl/α,β-unsaturated/α-hetero) is 1. The van der Waals surface area contributed by atoms with Crippen molar-refractivity contribution in [3.8, 4) is 0 Å². The highest BCUT2D eigenvalue weighted by Gasteiger charge is 2.70. The van der Waals surface area contributed by atoms with Crippen molar-refractivity contribution >= 4 is 17.6 Å². The molecule has 1 atom stereocenters. The van der Waals surface area contributed by atoms with Gasteiger partial charge < -0.3 is 10.2 Å². The van der Waals surface area contributed by atoms with Gasteiger partial charge >= 0.3 is 6.18 Å². The van der Waals surface area contributed by atoms with E-state index in [0.29, 0.717) is 12.8 Å². The summed E-state index contributed by atoms with van der Waals surface area (Å²) in [5.74, 6) is -3.25. The van der Waals surface area contributed by atoms with Gasteiger partial charge in [-0.25, -0.2) is 0 Å². The van der Waals surface area contributed by atoms with Crippen LogP contribution in [0, 0.1) is 0 Å². The van der Waals surface area contributed by atoms with Crippen molar-refractivity contribution in [3.63, 3.8) is 0 Å². The number of nitrogens with one attached hydrogen (secondary N) is 1. The SMILES string of the molecule is CC(=O)C1=C(C)N(C2CCCCC2)C(=O)C1(NC(=O)c1ccc(C(C)(C)C)cc1)C(F)(F)F. The first kappa shape index (κ1) is 25.0. The molecule has 3 rings (SSSR count). The number of alkyl halides is 3. The Balaban J connectivity index is 2.06. The van der Waals surface area contributed by atoms with E-state index >= 15 is 0 Å². The molecule has 180 valence electrons. The smallest absolute Gasteiger partial charge is 0.326 e. The van der Waals surface area contributed by atoms with E-state index in [4.69, 9.17) is 0 Å².